The van der Waals surface area contributed by atoms with Crippen molar-refractivity contribution in [2.45, 2.75) is 13.0 Å². The van der Waals surface area contributed by atoms with Gasteiger partial charge in [-0.15, -0.1) is 0 Å². The molecule has 1 N–H and O–H groups in total. The van der Waals surface area contributed by atoms with Gasteiger partial charge < -0.3 is 19.3 Å². The van der Waals surface area contributed by atoms with Gasteiger partial charge in [0.15, 0.2) is 11.5 Å². The van der Waals surface area contributed by atoms with Crippen LogP contribution in [0.2, 0.25) is 0 Å². The van der Waals surface area contributed by atoms with Gasteiger partial charge in [-0.3, -0.25) is 24.6 Å². The Morgan fingerprint density at radius 3 is 2.27 bits per heavy atom. The van der Waals surface area contributed by atoms with Crippen LogP contribution >= 0.6 is 0 Å². The Bertz CT molecular complexity index is 1400. The number of rotatable bonds is 8. The number of non-ortho nitro benzene ring substituents is 1. The number of hydrogen-bond donors (Lipinski definition) is 1. The second-order valence-electron chi connectivity index (χ2n) is 7.99. The molecule has 1 heterocycles. The lowest BCUT2D eigenvalue weighted by Gasteiger charge is -2.27. The lowest BCUT2D eigenvalue weighted by molar-refractivity contribution is -0.384. The topological polar surface area (TPSA) is 128 Å². The van der Waals surface area contributed by atoms with Crippen molar-refractivity contribution in [3.05, 3.63) is 93.5 Å². The van der Waals surface area contributed by atoms with Crippen LogP contribution in [0.15, 0.2) is 72.3 Å². The van der Waals surface area contributed by atoms with E-state index in [-0.39, 0.29) is 16.8 Å². The molecule has 0 radical (unpaired) electrons. The monoisotopic (exact) mass is 504 g/mol. The minimum atomic E-state index is -1.06. The molecule has 10 heteroatoms. The molecule has 4 rings (SSSR count). The lowest BCUT2D eigenvalue weighted by Crippen LogP contribution is -2.29. The van der Waals surface area contributed by atoms with Crippen LogP contribution in [0.4, 0.5) is 11.4 Å². The highest BCUT2D eigenvalue weighted by Gasteiger charge is 2.48. The first-order valence-electron chi connectivity index (χ1n) is 11.3. The number of hydrogen-bond acceptors (Lipinski definition) is 8. The van der Waals surface area contributed by atoms with Crippen molar-refractivity contribution in [3.63, 3.8) is 0 Å². The molecular formula is C27H24N2O8. The summed E-state index contributed by atoms with van der Waals surface area (Å²) in [5.41, 5.74) is 0.579. The number of nitrogens with zero attached hydrogens (tertiary/aromatic N) is 2. The molecule has 3 aromatic carbocycles. The van der Waals surface area contributed by atoms with Gasteiger partial charge in [0.05, 0.1) is 43.1 Å². The number of ether oxygens (including phenoxy) is 3. The number of nitro benzene ring substituents is 1. The molecule has 1 fully saturated rings. The standard InChI is InChI=1S/C27H24N2O8/c1-4-37-22-15-17(11-14-21(22)36-3)24-23(25(30)16-9-12-18(13-10-16)29(33)34)26(31)27(32)28(24)19-7-5-6-8-20(19)35-2/h5-15,24,30H,4H2,1-3H3/b25-23-. The average Bonchev–Trinajstić information content (AvgIpc) is 3.18. The molecule has 190 valence electrons. The number of carbonyl (C=O) groups is 2. The van der Waals surface area contributed by atoms with E-state index in [1.165, 1.54) is 43.4 Å². The minimum Gasteiger partial charge on any atom is -0.507 e. The Morgan fingerprint density at radius 2 is 1.65 bits per heavy atom. The summed E-state index contributed by atoms with van der Waals surface area (Å²) in [5, 5.41) is 22.3. The van der Waals surface area contributed by atoms with E-state index in [9.17, 15) is 24.8 Å². The average molecular weight is 504 g/mol. The Morgan fingerprint density at radius 1 is 0.973 bits per heavy atom. The van der Waals surface area contributed by atoms with Crippen LogP contribution in [-0.4, -0.2) is 42.5 Å². The Kier molecular flexibility index (Phi) is 7.10. The smallest absolute Gasteiger partial charge is 0.300 e. The summed E-state index contributed by atoms with van der Waals surface area (Å²) in [6.07, 6.45) is 0. The molecule has 0 saturated carbocycles. The van der Waals surface area contributed by atoms with Crippen LogP contribution < -0.4 is 19.1 Å². The molecule has 0 bridgehead atoms. The number of carbonyl (C=O) groups excluding carboxylic acids is 2. The molecule has 1 saturated heterocycles. The van der Waals surface area contributed by atoms with Gasteiger partial charge in [-0.2, -0.15) is 0 Å². The second-order valence-corrected chi connectivity index (χ2v) is 7.99. The predicted octanol–water partition coefficient (Wildman–Crippen LogP) is 4.64. The van der Waals surface area contributed by atoms with Gasteiger partial charge in [0.2, 0.25) is 0 Å². The summed E-state index contributed by atoms with van der Waals surface area (Å²) in [4.78, 5) is 38.5. The molecule has 1 amide bonds. The zero-order valence-corrected chi connectivity index (χ0v) is 20.3. The first-order valence-corrected chi connectivity index (χ1v) is 11.3. The van der Waals surface area contributed by atoms with E-state index in [0.29, 0.717) is 35.1 Å². The number of aliphatic hydroxyl groups is 1. The highest BCUT2D eigenvalue weighted by atomic mass is 16.6. The van der Waals surface area contributed by atoms with Crippen molar-refractivity contribution in [1.29, 1.82) is 0 Å². The number of anilines is 1. The SMILES string of the molecule is CCOc1cc(C2/C(=C(/O)c3ccc([N+](=O)[O-])cc3)C(=O)C(=O)N2c2ccccc2OC)ccc1OC. The quantitative estimate of drug-likeness (QED) is 0.155. The van der Waals surface area contributed by atoms with Gasteiger partial charge in [0, 0.05) is 17.7 Å². The van der Waals surface area contributed by atoms with Gasteiger partial charge >= 0.3 is 0 Å². The zero-order valence-electron chi connectivity index (χ0n) is 20.3. The third-order valence-corrected chi connectivity index (χ3v) is 5.94. The predicted molar refractivity (Wildman–Crippen MR) is 135 cm³/mol. The summed E-state index contributed by atoms with van der Waals surface area (Å²) in [5.74, 6) is -1.06. The van der Waals surface area contributed by atoms with Gasteiger partial charge in [0.1, 0.15) is 11.5 Å². The highest BCUT2D eigenvalue weighted by Crippen LogP contribution is 2.46. The molecule has 0 spiro atoms. The van der Waals surface area contributed by atoms with E-state index >= 15 is 0 Å². The van der Waals surface area contributed by atoms with Crippen LogP contribution in [0, 0.1) is 10.1 Å². The second kappa shape index (κ2) is 10.4. The maximum atomic E-state index is 13.4. The largest absolute Gasteiger partial charge is 0.507 e. The van der Waals surface area contributed by atoms with Gasteiger partial charge in [-0.05, 0) is 48.9 Å². The van der Waals surface area contributed by atoms with Crippen LogP contribution in [0.3, 0.4) is 0 Å². The summed E-state index contributed by atoms with van der Waals surface area (Å²) in [6, 6.07) is 15.7. The fraction of sp³-hybridized carbons (Fsp3) is 0.185. The van der Waals surface area contributed by atoms with E-state index in [1.807, 2.05) is 6.92 Å². The number of benzene rings is 3. The highest BCUT2D eigenvalue weighted by molar-refractivity contribution is 6.52. The van der Waals surface area contributed by atoms with Crippen LogP contribution in [0.1, 0.15) is 24.1 Å². The molecule has 37 heavy (non-hydrogen) atoms. The minimum absolute atomic E-state index is 0.146. The first-order chi connectivity index (χ1) is 17.8. The van der Waals surface area contributed by atoms with E-state index < -0.39 is 28.4 Å². The van der Waals surface area contributed by atoms with Gasteiger partial charge in [-0.25, -0.2) is 0 Å². The van der Waals surface area contributed by atoms with Crippen LogP contribution in [0.25, 0.3) is 5.76 Å². The Hall–Kier alpha value is -4.86. The van der Waals surface area contributed by atoms with Crippen molar-refractivity contribution in [3.8, 4) is 17.2 Å². The van der Waals surface area contributed by atoms with Crippen molar-refractivity contribution in [2.24, 2.45) is 0 Å². The van der Waals surface area contributed by atoms with Crippen LogP contribution in [0.5, 0.6) is 17.2 Å². The van der Waals surface area contributed by atoms with E-state index in [1.54, 1.807) is 42.5 Å². The number of Topliss-reactive ketones (excluding diaryl/α,β-unsaturated/α-hetero) is 1. The van der Waals surface area contributed by atoms with Gasteiger partial charge in [0.25, 0.3) is 17.4 Å². The molecule has 10 nitrogen and oxygen atoms in total. The number of nitro groups is 1. The Balaban J connectivity index is 1.97. The maximum absolute atomic E-state index is 13.4. The normalized spacial score (nSPS) is 16.5. The molecule has 0 aliphatic carbocycles. The van der Waals surface area contributed by atoms with Crippen molar-refractivity contribution < 1.29 is 33.8 Å². The first kappa shape index (κ1) is 25.2. The van der Waals surface area contributed by atoms with Crippen molar-refractivity contribution in [2.75, 3.05) is 25.7 Å². The number of methoxy groups -OCH3 is 2. The number of aliphatic hydroxyl groups excluding tert-OH is 1. The summed E-state index contributed by atoms with van der Waals surface area (Å²) < 4.78 is 16.5. The molecular weight excluding hydrogens is 480 g/mol. The third kappa shape index (κ3) is 4.56. The number of para-hydroxylation sites is 2. The Labute approximate surface area is 212 Å². The fourth-order valence-corrected chi connectivity index (χ4v) is 4.25. The van der Waals surface area contributed by atoms with Crippen molar-refractivity contribution in [1.82, 2.24) is 0 Å². The van der Waals surface area contributed by atoms with E-state index in [0.717, 1.165) is 0 Å². The van der Waals surface area contributed by atoms with Gasteiger partial charge in [-0.1, -0.05) is 18.2 Å². The summed E-state index contributed by atoms with van der Waals surface area (Å²) in [6.45, 7) is 2.15. The molecule has 1 atom stereocenters. The molecule has 1 aliphatic heterocycles. The molecule has 1 unspecified atom stereocenters. The molecule has 0 aromatic heterocycles. The summed E-state index contributed by atoms with van der Waals surface area (Å²) >= 11 is 0. The van der Waals surface area contributed by atoms with E-state index in [2.05, 4.69) is 0 Å². The molecule has 3 aromatic rings. The summed E-state index contributed by atoms with van der Waals surface area (Å²) in [7, 11) is 2.94. The lowest BCUT2D eigenvalue weighted by atomic mass is 9.94. The molecule has 1 aliphatic rings. The zero-order chi connectivity index (χ0) is 26.7. The maximum Gasteiger partial charge on any atom is 0.300 e. The number of amides is 1. The van der Waals surface area contributed by atoms with Crippen molar-refractivity contribution >= 4 is 28.8 Å². The van der Waals surface area contributed by atoms with E-state index in [4.69, 9.17) is 14.2 Å². The third-order valence-electron chi connectivity index (χ3n) is 5.94. The van der Waals surface area contributed by atoms with Crippen LogP contribution in [-0.2, 0) is 9.59 Å². The number of ketones is 1. The fourth-order valence-electron chi connectivity index (χ4n) is 4.25.